The maximum Gasteiger partial charge on any atom is 0.424 e. The van der Waals surface area contributed by atoms with Crippen LogP contribution < -0.4 is 0 Å². The van der Waals surface area contributed by atoms with Crippen molar-refractivity contribution in [3.63, 3.8) is 0 Å². The molecule has 0 N–H and O–H groups in total. The van der Waals surface area contributed by atoms with Crippen LogP contribution >= 0.6 is 23.3 Å². The van der Waals surface area contributed by atoms with Gasteiger partial charge in [0.05, 0.1) is 0 Å². The van der Waals surface area contributed by atoms with E-state index in [1.165, 1.54) is 0 Å². The van der Waals surface area contributed by atoms with Gasteiger partial charge in [-0.15, -0.1) is 30.3 Å². The maximum absolute atomic E-state index is 14.6. The molecule has 1 atom stereocenters. The molecule has 0 fully saturated rings. The smallest absolute Gasteiger partial charge is 0.217 e. The summed E-state index contributed by atoms with van der Waals surface area (Å²) in [6, 6.07) is 6.80. The van der Waals surface area contributed by atoms with E-state index in [4.69, 9.17) is 0 Å². The molecule has 0 spiro atoms. The fraction of sp³-hybridized carbons (Fsp3) is 0.250. The summed E-state index contributed by atoms with van der Waals surface area (Å²) in [7, 11) is -16.0. The molecule has 1 aromatic rings. The Morgan fingerprint density at radius 2 is 1.30 bits per heavy atom. The van der Waals surface area contributed by atoms with E-state index in [0.29, 0.717) is 11.1 Å². The lowest BCUT2D eigenvalue weighted by Crippen LogP contribution is -2.09. The Hall–Kier alpha value is -0.480. The summed E-state index contributed by atoms with van der Waals surface area (Å²) in [5.41, 5.74) is 1.42. The SMILES string of the molecule is FP1(F)=NP(F)(F)=NP(F)(N2Cc3ccccc3C2)=N1. The molecule has 2 aliphatic heterocycles. The van der Waals surface area contributed by atoms with Gasteiger partial charge < -0.3 is 0 Å². The van der Waals surface area contributed by atoms with Crippen LogP contribution in [0.15, 0.2) is 37.8 Å². The molecule has 3 rings (SSSR count). The zero-order valence-electron chi connectivity index (χ0n) is 9.74. The van der Waals surface area contributed by atoms with E-state index in [1.807, 2.05) is 4.52 Å². The minimum Gasteiger partial charge on any atom is -0.217 e. The second-order valence-corrected chi connectivity index (χ2v) is 9.79. The van der Waals surface area contributed by atoms with Crippen molar-refractivity contribution in [1.29, 1.82) is 0 Å². The van der Waals surface area contributed by atoms with Crippen molar-refractivity contribution in [2.75, 3.05) is 0 Å². The fourth-order valence-electron chi connectivity index (χ4n) is 2.07. The Bertz CT molecular complexity index is 703. The van der Waals surface area contributed by atoms with Crippen LogP contribution in [-0.4, -0.2) is 4.67 Å². The van der Waals surface area contributed by atoms with Gasteiger partial charge in [-0.2, -0.15) is 4.20 Å². The monoisotopic (exact) mass is 348 g/mol. The molecule has 2 heterocycles. The van der Waals surface area contributed by atoms with Gasteiger partial charge >= 0.3 is 23.3 Å². The molecular formula is C8H8F5N4P3. The van der Waals surface area contributed by atoms with Crippen molar-refractivity contribution in [2.24, 2.45) is 13.5 Å². The second-order valence-electron chi connectivity index (χ2n) is 4.27. The van der Waals surface area contributed by atoms with Crippen LogP contribution in [0.3, 0.4) is 0 Å². The molecule has 20 heavy (non-hydrogen) atoms. The van der Waals surface area contributed by atoms with Gasteiger partial charge in [0.25, 0.3) is 0 Å². The summed E-state index contributed by atoms with van der Waals surface area (Å²) in [5, 5.41) is 0. The first-order chi connectivity index (χ1) is 9.19. The fourth-order valence-corrected chi connectivity index (χ4v) is 8.26. The average molecular weight is 348 g/mol. The molecule has 0 bridgehead atoms. The van der Waals surface area contributed by atoms with Crippen LogP contribution in [0, 0.1) is 0 Å². The highest BCUT2D eigenvalue weighted by Crippen LogP contribution is 2.82. The zero-order valence-corrected chi connectivity index (χ0v) is 12.4. The third-order valence-electron chi connectivity index (χ3n) is 2.84. The number of halogens is 5. The molecule has 0 radical (unpaired) electrons. The van der Waals surface area contributed by atoms with Gasteiger partial charge in [0.2, 0.25) is 0 Å². The van der Waals surface area contributed by atoms with Crippen molar-refractivity contribution in [3.8, 4) is 0 Å². The number of nitrogens with zero attached hydrogens (tertiary/aromatic N) is 4. The van der Waals surface area contributed by atoms with E-state index in [-0.39, 0.29) is 13.1 Å². The van der Waals surface area contributed by atoms with Gasteiger partial charge in [0.1, 0.15) is 0 Å². The molecule has 4 nitrogen and oxygen atoms in total. The largest absolute Gasteiger partial charge is 0.424 e. The molecule has 110 valence electrons. The summed E-state index contributed by atoms with van der Waals surface area (Å²) >= 11 is 0. The van der Waals surface area contributed by atoms with Crippen molar-refractivity contribution in [1.82, 2.24) is 4.67 Å². The van der Waals surface area contributed by atoms with E-state index in [2.05, 4.69) is 9.03 Å². The first kappa shape index (κ1) is 14.5. The minimum atomic E-state index is -5.64. The number of benzene rings is 1. The lowest BCUT2D eigenvalue weighted by molar-refractivity contribution is 0.456. The van der Waals surface area contributed by atoms with E-state index in [1.54, 1.807) is 24.3 Å². The Balaban J connectivity index is 2.07. The van der Waals surface area contributed by atoms with Crippen LogP contribution in [-0.2, 0) is 13.1 Å². The quantitative estimate of drug-likeness (QED) is 0.411. The maximum atomic E-state index is 14.6. The molecule has 0 aliphatic carbocycles. The lowest BCUT2D eigenvalue weighted by atomic mass is 10.1. The Morgan fingerprint density at radius 3 is 1.80 bits per heavy atom. The van der Waals surface area contributed by atoms with Gasteiger partial charge in [-0.3, -0.25) is 0 Å². The molecule has 0 saturated carbocycles. The molecular weight excluding hydrogens is 340 g/mol. The highest BCUT2D eigenvalue weighted by Gasteiger charge is 2.44. The summed E-state index contributed by atoms with van der Waals surface area (Å²) in [4.78, 5) is 0. The number of hydrogen-bond donors (Lipinski definition) is 0. The molecule has 2 aliphatic rings. The van der Waals surface area contributed by atoms with Gasteiger partial charge in [-0.1, -0.05) is 24.3 Å². The number of hydrogen-bond acceptors (Lipinski definition) is 4. The third-order valence-corrected chi connectivity index (χ3v) is 9.11. The first-order valence-corrected chi connectivity index (χ1v) is 9.90. The predicted molar refractivity (Wildman–Crippen MR) is 69.3 cm³/mol. The normalized spacial score (nSPS) is 30.9. The standard InChI is InChI=1S/C8H8F5N4P3/c9-18(10)14-19(11,12)16-20(13,15-18)17-5-7-3-1-2-4-8(7)6-17/h1-4H,5-6H2. The molecule has 0 amide bonds. The topological polar surface area (TPSA) is 40.3 Å². The predicted octanol–water partition coefficient (Wildman–Crippen LogP) is 6.70. The van der Waals surface area contributed by atoms with Crippen LogP contribution in [0.1, 0.15) is 11.1 Å². The van der Waals surface area contributed by atoms with Crippen molar-refractivity contribution in [2.45, 2.75) is 13.1 Å². The Kier molecular flexibility index (Phi) is 3.26. The molecule has 1 unspecified atom stereocenters. The van der Waals surface area contributed by atoms with E-state index in [0.717, 1.165) is 4.67 Å². The van der Waals surface area contributed by atoms with Crippen LogP contribution in [0.4, 0.5) is 21.0 Å². The molecule has 0 saturated heterocycles. The third kappa shape index (κ3) is 2.64. The molecule has 12 heteroatoms. The van der Waals surface area contributed by atoms with Crippen molar-refractivity contribution >= 4 is 23.3 Å². The Morgan fingerprint density at radius 1 is 0.800 bits per heavy atom. The van der Waals surface area contributed by atoms with Gasteiger partial charge in [-0.25, -0.2) is 4.67 Å². The summed E-state index contributed by atoms with van der Waals surface area (Å²) in [6.45, 7) is -0.0963. The van der Waals surface area contributed by atoms with E-state index >= 15 is 0 Å². The lowest BCUT2D eigenvalue weighted by Gasteiger charge is -2.24. The van der Waals surface area contributed by atoms with Gasteiger partial charge in [0, 0.05) is 13.1 Å². The molecule has 1 aromatic carbocycles. The Labute approximate surface area is 112 Å². The van der Waals surface area contributed by atoms with E-state index < -0.39 is 23.3 Å². The van der Waals surface area contributed by atoms with Crippen LogP contribution in [0.5, 0.6) is 0 Å². The molecule has 0 aromatic heterocycles. The van der Waals surface area contributed by atoms with Crippen LogP contribution in [0.25, 0.3) is 0 Å². The minimum absolute atomic E-state index is 0.0482. The summed E-state index contributed by atoms with van der Waals surface area (Å²) < 4.78 is 75.7. The zero-order chi connectivity index (χ0) is 14.6. The van der Waals surface area contributed by atoms with Crippen molar-refractivity contribution in [3.05, 3.63) is 35.4 Å². The van der Waals surface area contributed by atoms with Crippen LogP contribution in [0.2, 0.25) is 0 Å². The van der Waals surface area contributed by atoms with Gasteiger partial charge in [0.15, 0.2) is 0 Å². The summed E-state index contributed by atoms with van der Waals surface area (Å²) in [5.74, 6) is 0. The number of fused-ring (bicyclic) bond motifs is 1. The summed E-state index contributed by atoms with van der Waals surface area (Å²) in [6.07, 6.45) is 0. The van der Waals surface area contributed by atoms with Gasteiger partial charge in [-0.05, 0) is 11.1 Å². The average Bonchev–Trinajstić information content (AvgIpc) is 2.67. The van der Waals surface area contributed by atoms with E-state index in [9.17, 15) is 21.0 Å². The highest BCUT2D eigenvalue weighted by atomic mass is 31.3. The highest BCUT2D eigenvalue weighted by molar-refractivity contribution is 7.78. The number of rotatable bonds is 1. The second kappa shape index (κ2) is 4.51. The first-order valence-electron chi connectivity index (χ1n) is 5.41. The van der Waals surface area contributed by atoms with Crippen molar-refractivity contribution < 1.29 is 21.0 Å².